The fraction of sp³-hybridized carbons (Fsp3) is 0.667. The first kappa shape index (κ1) is 22.3. The molecule has 5 heteroatoms. The number of aliphatic hydroxyl groups excluding tert-OH is 1. The van der Waals surface area contributed by atoms with Crippen LogP contribution in [0.2, 0.25) is 0 Å². The lowest BCUT2D eigenvalue weighted by atomic mass is 9.94. The first-order valence-corrected chi connectivity index (χ1v) is 9.76. The van der Waals surface area contributed by atoms with Crippen molar-refractivity contribution in [1.82, 2.24) is 10.6 Å². The van der Waals surface area contributed by atoms with Crippen molar-refractivity contribution in [3.05, 3.63) is 29.3 Å². The van der Waals surface area contributed by atoms with Crippen molar-refractivity contribution >= 4 is 5.96 Å². The number of nitrogens with zero attached hydrogens (tertiary/aromatic N) is 1. The largest absolute Gasteiger partial charge is 0.496 e. The van der Waals surface area contributed by atoms with Gasteiger partial charge in [-0.15, -0.1) is 0 Å². The third-order valence-electron chi connectivity index (χ3n) is 4.32. The minimum absolute atomic E-state index is 0.226. The summed E-state index contributed by atoms with van der Waals surface area (Å²) in [5.74, 6) is 2.81. The van der Waals surface area contributed by atoms with Gasteiger partial charge in [-0.1, -0.05) is 31.5 Å². The van der Waals surface area contributed by atoms with E-state index < -0.39 is 0 Å². The Morgan fingerprint density at radius 2 is 2.04 bits per heavy atom. The maximum absolute atomic E-state index is 9.27. The molecule has 0 aliphatic rings. The van der Waals surface area contributed by atoms with Crippen LogP contribution in [0.25, 0.3) is 0 Å². The molecule has 0 aromatic heterocycles. The van der Waals surface area contributed by atoms with Crippen molar-refractivity contribution in [2.75, 3.05) is 33.4 Å². The Morgan fingerprint density at radius 3 is 2.65 bits per heavy atom. The van der Waals surface area contributed by atoms with Crippen LogP contribution in [0.3, 0.4) is 0 Å². The molecule has 26 heavy (non-hydrogen) atoms. The number of guanidine groups is 1. The molecule has 3 N–H and O–H groups in total. The predicted molar refractivity (Wildman–Crippen MR) is 110 cm³/mol. The van der Waals surface area contributed by atoms with Crippen LogP contribution < -0.4 is 15.4 Å². The SMILES string of the molecule is CCNC(=NCC(CCO)CC(C)C)NCCc1cc(C)ccc1OC. The number of benzene rings is 1. The number of nitrogens with one attached hydrogen (secondary N) is 2. The van der Waals surface area contributed by atoms with E-state index in [1.807, 2.05) is 6.07 Å². The van der Waals surface area contributed by atoms with Gasteiger partial charge in [-0.2, -0.15) is 0 Å². The van der Waals surface area contributed by atoms with E-state index in [9.17, 15) is 5.11 Å². The van der Waals surface area contributed by atoms with E-state index in [1.165, 1.54) is 11.1 Å². The molecule has 1 atom stereocenters. The Labute approximate surface area is 159 Å². The summed E-state index contributed by atoms with van der Waals surface area (Å²) in [6, 6.07) is 6.26. The molecular formula is C21H37N3O2. The summed E-state index contributed by atoms with van der Waals surface area (Å²) in [5, 5.41) is 16.0. The summed E-state index contributed by atoms with van der Waals surface area (Å²) in [7, 11) is 1.71. The number of ether oxygens (including phenoxy) is 1. The molecule has 5 nitrogen and oxygen atoms in total. The summed E-state index contributed by atoms with van der Waals surface area (Å²) < 4.78 is 5.45. The number of hydrogen-bond donors (Lipinski definition) is 3. The second kappa shape index (κ2) is 12.6. The van der Waals surface area contributed by atoms with Gasteiger partial charge in [0.25, 0.3) is 0 Å². The van der Waals surface area contributed by atoms with Gasteiger partial charge in [0.15, 0.2) is 5.96 Å². The van der Waals surface area contributed by atoms with Crippen LogP contribution in [0.15, 0.2) is 23.2 Å². The Bertz CT molecular complexity index is 544. The summed E-state index contributed by atoms with van der Waals surface area (Å²) in [6.45, 7) is 11.2. The number of aryl methyl sites for hydroxylation is 1. The molecule has 1 aromatic carbocycles. The molecule has 0 aliphatic heterocycles. The van der Waals surface area contributed by atoms with Crippen LogP contribution in [0.1, 0.15) is 44.7 Å². The lowest BCUT2D eigenvalue weighted by molar-refractivity contribution is 0.245. The minimum Gasteiger partial charge on any atom is -0.496 e. The van der Waals surface area contributed by atoms with Crippen molar-refractivity contribution in [2.24, 2.45) is 16.8 Å². The summed E-state index contributed by atoms with van der Waals surface area (Å²) in [6.07, 6.45) is 2.77. The van der Waals surface area contributed by atoms with E-state index in [2.05, 4.69) is 50.5 Å². The molecule has 0 saturated carbocycles. The van der Waals surface area contributed by atoms with E-state index in [-0.39, 0.29) is 6.61 Å². The van der Waals surface area contributed by atoms with Gasteiger partial charge in [-0.05, 0) is 56.6 Å². The fourth-order valence-corrected chi connectivity index (χ4v) is 3.11. The maximum Gasteiger partial charge on any atom is 0.191 e. The number of hydrogen-bond acceptors (Lipinski definition) is 3. The molecule has 0 fully saturated rings. The van der Waals surface area contributed by atoms with Crippen molar-refractivity contribution in [1.29, 1.82) is 0 Å². The van der Waals surface area contributed by atoms with Gasteiger partial charge in [-0.25, -0.2) is 0 Å². The molecular weight excluding hydrogens is 326 g/mol. The van der Waals surface area contributed by atoms with Gasteiger partial charge in [0.05, 0.1) is 7.11 Å². The molecule has 1 rings (SSSR count). The van der Waals surface area contributed by atoms with Gasteiger partial charge in [-0.3, -0.25) is 4.99 Å². The van der Waals surface area contributed by atoms with Gasteiger partial charge >= 0.3 is 0 Å². The second-order valence-corrected chi connectivity index (χ2v) is 7.22. The van der Waals surface area contributed by atoms with Crippen molar-refractivity contribution < 1.29 is 9.84 Å². The molecule has 1 aromatic rings. The molecule has 0 spiro atoms. The van der Waals surface area contributed by atoms with Crippen molar-refractivity contribution in [3.63, 3.8) is 0 Å². The lowest BCUT2D eigenvalue weighted by Crippen LogP contribution is -2.38. The molecule has 0 bridgehead atoms. The average molecular weight is 364 g/mol. The Kier molecular flexibility index (Phi) is 10.8. The normalized spacial score (nSPS) is 13.0. The predicted octanol–water partition coefficient (Wildman–Crippen LogP) is 3.15. The maximum atomic E-state index is 9.27. The van der Waals surface area contributed by atoms with Gasteiger partial charge in [0.2, 0.25) is 0 Å². The quantitative estimate of drug-likeness (QED) is 0.417. The zero-order valence-corrected chi connectivity index (χ0v) is 17.1. The van der Waals surface area contributed by atoms with Gasteiger partial charge < -0.3 is 20.5 Å². The Morgan fingerprint density at radius 1 is 1.27 bits per heavy atom. The fourth-order valence-electron chi connectivity index (χ4n) is 3.11. The van der Waals surface area contributed by atoms with E-state index in [4.69, 9.17) is 9.73 Å². The van der Waals surface area contributed by atoms with Gasteiger partial charge in [0.1, 0.15) is 5.75 Å². The van der Waals surface area contributed by atoms with Crippen LogP contribution >= 0.6 is 0 Å². The number of aliphatic hydroxyl groups is 1. The van der Waals surface area contributed by atoms with Crippen molar-refractivity contribution in [3.8, 4) is 5.75 Å². The Balaban J connectivity index is 2.62. The van der Waals surface area contributed by atoms with Crippen molar-refractivity contribution in [2.45, 2.75) is 47.0 Å². The standard InChI is InChI=1S/C21H37N3O2/c1-6-22-21(24-15-18(10-12-25)13-16(2)3)23-11-9-19-14-17(4)7-8-20(19)26-5/h7-8,14,16,18,25H,6,9-13,15H2,1-5H3,(H2,22,23,24). The van der Waals surface area contributed by atoms with Crippen LogP contribution in [-0.2, 0) is 6.42 Å². The van der Waals surface area contributed by atoms with E-state index in [1.54, 1.807) is 7.11 Å². The summed E-state index contributed by atoms with van der Waals surface area (Å²) in [4.78, 5) is 4.73. The molecule has 0 aliphatic carbocycles. The highest BCUT2D eigenvalue weighted by atomic mass is 16.5. The molecule has 0 heterocycles. The first-order valence-electron chi connectivity index (χ1n) is 9.76. The highest BCUT2D eigenvalue weighted by molar-refractivity contribution is 5.79. The minimum atomic E-state index is 0.226. The summed E-state index contributed by atoms with van der Waals surface area (Å²) >= 11 is 0. The van der Waals surface area contributed by atoms with E-state index in [0.29, 0.717) is 11.8 Å². The van der Waals surface area contributed by atoms with Crippen LogP contribution in [0, 0.1) is 18.8 Å². The zero-order chi connectivity index (χ0) is 19.4. The van der Waals surface area contributed by atoms with Gasteiger partial charge in [0, 0.05) is 26.2 Å². The van der Waals surface area contributed by atoms with E-state index >= 15 is 0 Å². The molecule has 0 amide bonds. The number of rotatable bonds is 11. The Hall–Kier alpha value is -1.75. The van der Waals surface area contributed by atoms with Crippen LogP contribution in [0.4, 0.5) is 0 Å². The summed E-state index contributed by atoms with van der Waals surface area (Å²) in [5.41, 5.74) is 2.44. The van der Waals surface area contributed by atoms with E-state index in [0.717, 1.165) is 50.6 Å². The smallest absolute Gasteiger partial charge is 0.191 e. The highest BCUT2D eigenvalue weighted by Gasteiger charge is 2.11. The second-order valence-electron chi connectivity index (χ2n) is 7.22. The monoisotopic (exact) mass is 363 g/mol. The van der Waals surface area contributed by atoms with Crippen LogP contribution in [-0.4, -0.2) is 44.4 Å². The highest BCUT2D eigenvalue weighted by Crippen LogP contribution is 2.19. The first-order chi connectivity index (χ1) is 12.5. The zero-order valence-electron chi connectivity index (χ0n) is 17.1. The lowest BCUT2D eigenvalue weighted by Gasteiger charge is -2.18. The average Bonchev–Trinajstić information content (AvgIpc) is 2.59. The topological polar surface area (TPSA) is 65.9 Å². The molecule has 148 valence electrons. The molecule has 1 unspecified atom stereocenters. The number of methoxy groups -OCH3 is 1. The molecule has 0 saturated heterocycles. The third-order valence-corrected chi connectivity index (χ3v) is 4.32. The number of aliphatic imine (C=N–C) groups is 1. The van der Waals surface area contributed by atoms with Crippen LogP contribution in [0.5, 0.6) is 5.75 Å². The third kappa shape index (κ3) is 8.56. The molecule has 0 radical (unpaired) electrons.